The van der Waals surface area contributed by atoms with Crippen molar-refractivity contribution >= 4 is 22.5 Å². The van der Waals surface area contributed by atoms with Crippen LogP contribution in [-0.2, 0) is 9.53 Å². The summed E-state index contributed by atoms with van der Waals surface area (Å²) in [5, 5.41) is 11.0. The maximum Gasteiger partial charge on any atom is 0.379 e. The molecule has 0 aromatic heterocycles. The molecule has 0 fully saturated rings. The third-order valence-electron chi connectivity index (χ3n) is 2.50. The molecule has 0 radical (unpaired) electrons. The molecule has 0 aliphatic carbocycles. The highest BCUT2D eigenvalue weighted by Crippen LogP contribution is 2.27. The number of methoxy groups -OCH3 is 1. The zero-order chi connectivity index (χ0) is 12.4. The molecule has 2 rings (SSSR count). The van der Waals surface area contributed by atoms with E-state index in [2.05, 4.69) is 4.74 Å². The molecule has 1 N–H and O–H groups in total. The lowest BCUT2D eigenvalue weighted by atomic mass is 10.0. The number of ketones is 1. The number of fused-ring (bicyclic) bond motifs is 1. The van der Waals surface area contributed by atoms with Gasteiger partial charge in [0.15, 0.2) is 0 Å². The molecule has 0 unspecified atom stereocenters. The molecule has 4 nitrogen and oxygen atoms in total. The highest BCUT2D eigenvalue weighted by atomic mass is 16.5. The summed E-state index contributed by atoms with van der Waals surface area (Å²) in [6.45, 7) is 0. The standard InChI is InChI=1S/C13H10O4/c1-17-13(16)12(15)11-9-5-3-2-4-8(9)6-7-10(11)14/h2-7,14H,1H3. The second-order valence-corrected chi connectivity index (χ2v) is 3.50. The van der Waals surface area contributed by atoms with Crippen LogP contribution in [0.2, 0.25) is 0 Å². The Morgan fingerprint density at radius 2 is 1.82 bits per heavy atom. The smallest absolute Gasteiger partial charge is 0.379 e. The summed E-state index contributed by atoms with van der Waals surface area (Å²) in [5.74, 6) is -2.06. The van der Waals surface area contributed by atoms with Crippen molar-refractivity contribution in [1.29, 1.82) is 0 Å². The fraction of sp³-hybridized carbons (Fsp3) is 0.0769. The topological polar surface area (TPSA) is 63.6 Å². The van der Waals surface area contributed by atoms with E-state index in [0.29, 0.717) is 5.39 Å². The minimum atomic E-state index is -0.989. The van der Waals surface area contributed by atoms with E-state index >= 15 is 0 Å². The minimum Gasteiger partial charge on any atom is -0.507 e. The van der Waals surface area contributed by atoms with Crippen LogP contribution < -0.4 is 0 Å². The van der Waals surface area contributed by atoms with Gasteiger partial charge in [-0.05, 0) is 16.8 Å². The Kier molecular flexibility index (Phi) is 2.78. The Labute approximate surface area is 97.4 Å². The van der Waals surface area contributed by atoms with Crippen molar-refractivity contribution in [1.82, 2.24) is 0 Å². The third kappa shape index (κ3) is 1.85. The number of carbonyl (C=O) groups is 2. The second kappa shape index (κ2) is 4.25. The predicted octanol–water partition coefficient (Wildman–Crippen LogP) is 1.90. The molecule has 0 heterocycles. The van der Waals surface area contributed by atoms with Crippen molar-refractivity contribution < 1.29 is 19.4 Å². The molecule has 0 aliphatic rings. The van der Waals surface area contributed by atoms with Crippen LogP contribution in [0.5, 0.6) is 5.75 Å². The van der Waals surface area contributed by atoms with Gasteiger partial charge in [-0.15, -0.1) is 0 Å². The highest BCUT2D eigenvalue weighted by Gasteiger charge is 2.22. The Morgan fingerprint density at radius 3 is 2.53 bits per heavy atom. The van der Waals surface area contributed by atoms with Gasteiger partial charge in [-0.1, -0.05) is 30.3 Å². The van der Waals surface area contributed by atoms with E-state index in [1.54, 1.807) is 24.3 Å². The van der Waals surface area contributed by atoms with Crippen LogP contribution in [0.4, 0.5) is 0 Å². The zero-order valence-electron chi connectivity index (χ0n) is 9.14. The van der Waals surface area contributed by atoms with Crippen molar-refractivity contribution in [3.8, 4) is 5.75 Å². The number of hydrogen-bond acceptors (Lipinski definition) is 4. The number of esters is 1. The lowest BCUT2D eigenvalue weighted by Crippen LogP contribution is -2.16. The van der Waals surface area contributed by atoms with Gasteiger partial charge in [-0.25, -0.2) is 4.79 Å². The van der Waals surface area contributed by atoms with Gasteiger partial charge in [-0.2, -0.15) is 0 Å². The number of phenolic OH excluding ortho intramolecular Hbond substituents is 1. The molecule has 0 saturated carbocycles. The SMILES string of the molecule is COC(=O)C(=O)c1c(O)ccc2ccccc12. The van der Waals surface area contributed by atoms with Crippen LogP contribution in [0, 0.1) is 0 Å². The van der Waals surface area contributed by atoms with E-state index in [1.807, 2.05) is 6.07 Å². The van der Waals surface area contributed by atoms with Gasteiger partial charge in [0.25, 0.3) is 5.78 Å². The molecule has 17 heavy (non-hydrogen) atoms. The highest BCUT2D eigenvalue weighted by molar-refractivity contribution is 6.43. The van der Waals surface area contributed by atoms with Gasteiger partial charge in [0, 0.05) is 0 Å². The second-order valence-electron chi connectivity index (χ2n) is 3.50. The number of benzene rings is 2. The molecule has 0 amide bonds. The summed E-state index contributed by atoms with van der Waals surface area (Å²) in [4.78, 5) is 23.0. The Hall–Kier alpha value is -2.36. The van der Waals surface area contributed by atoms with Gasteiger partial charge in [0.1, 0.15) is 5.75 Å². The van der Waals surface area contributed by atoms with Crippen LogP contribution in [0.25, 0.3) is 10.8 Å². The van der Waals surface area contributed by atoms with E-state index in [-0.39, 0.29) is 11.3 Å². The summed E-state index contributed by atoms with van der Waals surface area (Å²) in [6.07, 6.45) is 0. The first-order chi connectivity index (χ1) is 8.15. The molecular formula is C13H10O4. The van der Waals surface area contributed by atoms with Crippen LogP contribution in [-0.4, -0.2) is 24.0 Å². The van der Waals surface area contributed by atoms with Crippen LogP contribution in [0.3, 0.4) is 0 Å². The Balaban J connectivity index is 2.71. The Morgan fingerprint density at radius 1 is 1.12 bits per heavy atom. The molecule has 4 heteroatoms. The summed E-state index contributed by atoms with van der Waals surface area (Å²) < 4.78 is 4.37. The molecule has 0 saturated heterocycles. The average molecular weight is 230 g/mol. The van der Waals surface area contributed by atoms with Gasteiger partial charge < -0.3 is 9.84 Å². The molecule has 0 aliphatic heterocycles. The lowest BCUT2D eigenvalue weighted by Gasteiger charge is -2.06. The van der Waals surface area contributed by atoms with E-state index in [9.17, 15) is 14.7 Å². The van der Waals surface area contributed by atoms with Crippen LogP contribution in [0.1, 0.15) is 10.4 Å². The first kappa shape index (κ1) is 11.1. The van der Waals surface area contributed by atoms with E-state index in [0.717, 1.165) is 12.5 Å². The summed E-state index contributed by atoms with van der Waals surface area (Å²) in [5.41, 5.74) is -0.0186. The van der Waals surface area contributed by atoms with Gasteiger partial charge in [0.2, 0.25) is 0 Å². The minimum absolute atomic E-state index is 0.0186. The van der Waals surface area contributed by atoms with E-state index < -0.39 is 11.8 Å². The van der Waals surface area contributed by atoms with E-state index in [4.69, 9.17) is 0 Å². The predicted molar refractivity (Wildman–Crippen MR) is 62.0 cm³/mol. The summed E-state index contributed by atoms with van der Waals surface area (Å²) >= 11 is 0. The first-order valence-corrected chi connectivity index (χ1v) is 4.98. The monoisotopic (exact) mass is 230 g/mol. The first-order valence-electron chi connectivity index (χ1n) is 4.98. The number of carbonyl (C=O) groups excluding carboxylic acids is 2. The largest absolute Gasteiger partial charge is 0.507 e. The fourth-order valence-electron chi connectivity index (χ4n) is 1.69. The van der Waals surface area contributed by atoms with Crippen molar-refractivity contribution in [2.75, 3.05) is 7.11 Å². The number of aromatic hydroxyl groups is 1. The lowest BCUT2D eigenvalue weighted by molar-refractivity contribution is -0.135. The van der Waals surface area contributed by atoms with Crippen LogP contribution in [0.15, 0.2) is 36.4 Å². The van der Waals surface area contributed by atoms with Gasteiger partial charge in [0.05, 0.1) is 12.7 Å². The van der Waals surface area contributed by atoms with Crippen molar-refractivity contribution in [2.45, 2.75) is 0 Å². The maximum atomic E-state index is 11.8. The molecule has 86 valence electrons. The molecule has 2 aromatic rings. The summed E-state index contributed by atoms with van der Waals surface area (Å²) in [6, 6.07) is 10.1. The number of hydrogen-bond donors (Lipinski definition) is 1. The Bertz CT molecular complexity index is 601. The van der Waals surface area contributed by atoms with Gasteiger partial charge >= 0.3 is 5.97 Å². The van der Waals surface area contributed by atoms with Gasteiger partial charge in [-0.3, -0.25) is 4.79 Å². The number of ether oxygens (including phenoxy) is 1. The number of phenols is 1. The van der Waals surface area contributed by atoms with E-state index in [1.165, 1.54) is 6.07 Å². The third-order valence-corrected chi connectivity index (χ3v) is 2.50. The molecule has 2 aromatic carbocycles. The normalized spacial score (nSPS) is 10.2. The maximum absolute atomic E-state index is 11.8. The fourth-order valence-corrected chi connectivity index (χ4v) is 1.69. The molecule has 0 spiro atoms. The molecular weight excluding hydrogens is 220 g/mol. The summed E-state index contributed by atoms with van der Waals surface area (Å²) in [7, 11) is 1.13. The quantitative estimate of drug-likeness (QED) is 0.486. The van der Waals surface area contributed by atoms with Crippen molar-refractivity contribution in [3.05, 3.63) is 42.0 Å². The molecule has 0 bridgehead atoms. The van der Waals surface area contributed by atoms with Crippen LogP contribution >= 0.6 is 0 Å². The zero-order valence-corrected chi connectivity index (χ0v) is 9.14. The number of rotatable bonds is 2. The number of Topliss-reactive ketones (excluding diaryl/α,β-unsaturated/α-hetero) is 1. The molecule has 0 atom stereocenters. The van der Waals surface area contributed by atoms with Crippen molar-refractivity contribution in [2.24, 2.45) is 0 Å². The average Bonchev–Trinajstić information content (AvgIpc) is 2.37. The van der Waals surface area contributed by atoms with Crippen molar-refractivity contribution in [3.63, 3.8) is 0 Å².